The van der Waals surface area contributed by atoms with Gasteiger partial charge in [0.25, 0.3) is 0 Å². The van der Waals surface area contributed by atoms with Crippen LogP contribution in [0, 0.1) is 34.5 Å². The molecule has 4 rings (SSSR count). The van der Waals surface area contributed by atoms with E-state index in [1.54, 1.807) is 0 Å². The predicted molar refractivity (Wildman–Crippen MR) is 94.2 cm³/mol. The average molecular weight is 358 g/mol. The molecule has 0 aliphatic heterocycles. The highest BCUT2D eigenvalue weighted by Crippen LogP contribution is 2.65. The van der Waals surface area contributed by atoms with Crippen molar-refractivity contribution in [2.45, 2.75) is 45.4 Å². The van der Waals surface area contributed by atoms with Gasteiger partial charge in [-0.3, -0.25) is 14.4 Å². The van der Waals surface area contributed by atoms with E-state index >= 15 is 0 Å². The van der Waals surface area contributed by atoms with E-state index in [-0.39, 0.29) is 40.7 Å². The number of hydrogen-bond donors (Lipinski definition) is 2. The maximum absolute atomic E-state index is 12.4. The second-order valence-corrected chi connectivity index (χ2v) is 8.79. The van der Waals surface area contributed by atoms with E-state index in [4.69, 9.17) is 0 Å². The molecule has 4 aliphatic rings. The number of carboxylic acid groups (broad SMARTS) is 1. The summed E-state index contributed by atoms with van der Waals surface area (Å²) in [5.41, 5.74) is -0.475. The number of carboxylic acids is 1. The van der Waals surface area contributed by atoms with Crippen molar-refractivity contribution in [3.05, 3.63) is 23.8 Å². The summed E-state index contributed by atoms with van der Waals surface area (Å²) >= 11 is 0. The molecule has 2 fully saturated rings. The molecule has 0 heterocycles. The summed E-state index contributed by atoms with van der Waals surface area (Å²) in [5.74, 6) is -0.664. The Morgan fingerprint density at radius 3 is 2.65 bits per heavy atom. The van der Waals surface area contributed by atoms with Crippen molar-refractivity contribution >= 4 is 17.5 Å². The van der Waals surface area contributed by atoms with Crippen molar-refractivity contribution in [3.63, 3.8) is 0 Å². The molecule has 2 saturated carbocycles. The van der Waals surface area contributed by atoms with Crippen LogP contribution in [0.15, 0.2) is 23.8 Å². The van der Waals surface area contributed by atoms with Gasteiger partial charge in [0, 0.05) is 12.3 Å². The summed E-state index contributed by atoms with van der Waals surface area (Å²) in [6.07, 6.45) is 9.38. The minimum Gasteiger partial charge on any atom is -0.481 e. The summed E-state index contributed by atoms with van der Waals surface area (Å²) in [6, 6.07) is 0. The summed E-state index contributed by atoms with van der Waals surface area (Å²) in [5, 5.41) is 19.5. The summed E-state index contributed by atoms with van der Waals surface area (Å²) < 4.78 is 0. The lowest BCUT2D eigenvalue weighted by Gasteiger charge is -2.55. The molecule has 6 atom stereocenters. The van der Waals surface area contributed by atoms with Crippen LogP contribution in [0.4, 0.5) is 0 Å². The lowest BCUT2D eigenvalue weighted by Crippen LogP contribution is -2.53. The van der Waals surface area contributed by atoms with Crippen LogP contribution in [0.5, 0.6) is 0 Å². The van der Waals surface area contributed by atoms with Crippen LogP contribution in [0.2, 0.25) is 0 Å². The number of fused-ring (bicyclic) bond motifs is 5. The average Bonchev–Trinajstić information content (AvgIpc) is 2.97. The molecular formula is C21H26O5. The Balaban J connectivity index is 1.76. The summed E-state index contributed by atoms with van der Waals surface area (Å²) in [6.45, 7) is 1.74. The summed E-state index contributed by atoms with van der Waals surface area (Å²) in [4.78, 5) is 36.5. The molecule has 26 heavy (non-hydrogen) atoms. The normalized spacial score (nSPS) is 43.9. The first kappa shape index (κ1) is 17.7. The van der Waals surface area contributed by atoms with Crippen LogP contribution in [-0.2, 0) is 14.4 Å². The van der Waals surface area contributed by atoms with Crippen molar-refractivity contribution < 1.29 is 24.6 Å². The zero-order valence-electron chi connectivity index (χ0n) is 15.1. The van der Waals surface area contributed by atoms with Gasteiger partial charge in [0.2, 0.25) is 0 Å². The Bertz CT molecular complexity index is 735. The number of Topliss-reactive ketones (excluding diaryl/α,β-unsaturated/α-hetero) is 1. The molecule has 0 aromatic heterocycles. The molecular weight excluding hydrogens is 332 g/mol. The number of aliphatic carboxylic acids is 1. The van der Waals surface area contributed by atoms with Gasteiger partial charge in [-0.2, -0.15) is 0 Å². The monoisotopic (exact) mass is 358 g/mol. The zero-order valence-corrected chi connectivity index (χ0v) is 15.1. The van der Waals surface area contributed by atoms with E-state index in [9.17, 15) is 24.6 Å². The Labute approximate surface area is 153 Å². The number of rotatable bonds is 3. The van der Waals surface area contributed by atoms with E-state index in [1.807, 2.05) is 6.08 Å². The molecule has 140 valence electrons. The Morgan fingerprint density at radius 2 is 1.96 bits per heavy atom. The number of carbonyl (C=O) groups excluding carboxylic acids is 2. The molecule has 0 aromatic rings. The highest BCUT2D eigenvalue weighted by molar-refractivity contribution is 5.96. The number of hydrogen-bond acceptors (Lipinski definition) is 4. The van der Waals surface area contributed by atoms with Crippen molar-refractivity contribution in [2.75, 3.05) is 6.61 Å². The van der Waals surface area contributed by atoms with Crippen LogP contribution in [0.1, 0.15) is 45.4 Å². The molecule has 5 nitrogen and oxygen atoms in total. The Hall–Kier alpha value is -1.75. The lowest BCUT2D eigenvalue weighted by molar-refractivity contribution is -0.156. The fraction of sp³-hybridized carbons (Fsp3) is 0.667. The van der Waals surface area contributed by atoms with Gasteiger partial charge in [-0.25, -0.2) is 0 Å². The Morgan fingerprint density at radius 1 is 1.19 bits per heavy atom. The fourth-order valence-electron chi connectivity index (χ4n) is 6.72. The first-order chi connectivity index (χ1) is 12.3. The third-order valence-electron chi connectivity index (χ3n) is 7.99. The second kappa shape index (κ2) is 5.88. The topological polar surface area (TPSA) is 91.7 Å². The third-order valence-corrected chi connectivity index (χ3v) is 7.99. The first-order valence-corrected chi connectivity index (χ1v) is 9.65. The lowest BCUT2D eigenvalue weighted by atomic mass is 9.48. The maximum Gasteiger partial charge on any atom is 0.314 e. The molecule has 0 saturated heterocycles. The van der Waals surface area contributed by atoms with Gasteiger partial charge in [-0.05, 0) is 66.9 Å². The van der Waals surface area contributed by atoms with Crippen LogP contribution in [-0.4, -0.2) is 34.4 Å². The quantitative estimate of drug-likeness (QED) is 0.809. The largest absolute Gasteiger partial charge is 0.481 e. The second-order valence-electron chi connectivity index (χ2n) is 8.79. The van der Waals surface area contributed by atoms with Gasteiger partial charge >= 0.3 is 5.97 Å². The highest BCUT2D eigenvalue weighted by Gasteiger charge is 2.62. The minimum absolute atomic E-state index is 0.00935. The van der Waals surface area contributed by atoms with Crippen molar-refractivity contribution in [1.82, 2.24) is 0 Å². The molecule has 2 N–H and O–H groups in total. The van der Waals surface area contributed by atoms with E-state index in [1.165, 1.54) is 6.08 Å². The zero-order chi connectivity index (χ0) is 18.7. The first-order valence-electron chi connectivity index (χ1n) is 9.65. The smallest absolute Gasteiger partial charge is 0.314 e. The molecule has 4 aliphatic carbocycles. The molecule has 0 unspecified atom stereocenters. The van der Waals surface area contributed by atoms with Gasteiger partial charge in [0.05, 0.1) is 5.41 Å². The summed E-state index contributed by atoms with van der Waals surface area (Å²) in [7, 11) is 0. The molecule has 0 aromatic carbocycles. The number of ketones is 2. The molecule has 0 spiro atoms. The molecule has 0 radical (unpaired) electrons. The third kappa shape index (κ3) is 2.16. The van der Waals surface area contributed by atoms with Gasteiger partial charge in [-0.1, -0.05) is 19.1 Å². The predicted octanol–water partition coefficient (Wildman–Crippen LogP) is 2.54. The van der Waals surface area contributed by atoms with E-state index in [0.717, 1.165) is 25.7 Å². The molecule has 5 heteroatoms. The molecule has 0 bridgehead atoms. The number of aliphatic hydroxyl groups excluding tert-OH is 1. The van der Waals surface area contributed by atoms with Gasteiger partial charge < -0.3 is 10.2 Å². The van der Waals surface area contributed by atoms with Crippen LogP contribution < -0.4 is 0 Å². The van der Waals surface area contributed by atoms with Gasteiger partial charge in [0.1, 0.15) is 6.61 Å². The van der Waals surface area contributed by atoms with Crippen LogP contribution in [0.25, 0.3) is 0 Å². The van der Waals surface area contributed by atoms with Crippen LogP contribution >= 0.6 is 0 Å². The Kier molecular flexibility index (Phi) is 3.99. The van der Waals surface area contributed by atoms with E-state index < -0.39 is 18.0 Å². The SMILES string of the molecule is C[C@]12CC[C@H]3[C@@H](C=CC4=CC(=O)CC[C@]43C(=O)O)[C@@H]1CC[C@@H]2C(=O)CO. The van der Waals surface area contributed by atoms with Crippen molar-refractivity contribution in [1.29, 1.82) is 0 Å². The minimum atomic E-state index is -0.965. The highest BCUT2D eigenvalue weighted by atomic mass is 16.4. The number of allylic oxidation sites excluding steroid dienone is 3. The standard InChI is InChI=1S/C21H26O5/c1-20-8-7-16-14(15(20)4-5-17(20)18(24)11-22)3-2-12-10-13(23)6-9-21(12,16)19(25)26/h2-3,10,14-17,22H,4-9,11H2,1H3,(H,25,26)/t14-,15-,16-,17+,20-,21-/m0/s1. The van der Waals surface area contributed by atoms with Crippen LogP contribution in [0.3, 0.4) is 0 Å². The molecule has 0 amide bonds. The van der Waals surface area contributed by atoms with Crippen molar-refractivity contribution in [3.8, 4) is 0 Å². The number of aliphatic hydroxyl groups is 1. The fourth-order valence-corrected chi connectivity index (χ4v) is 6.72. The van der Waals surface area contributed by atoms with E-state index in [0.29, 0.717) is 18.4 Å². The van der Waals surface area contributed by atoms with E-state index in [2.05, 4.69) is 13.0 Å². The van der Waals surface area contributed by atoms with Crippen molar-refractivity contribution in [2.24, 2.45) is 34.5 Å². The van der Waals surface area contributed by atoms with Gasteiger partial charge in [0.15, 0.2) is 11.6 Å². The maximum atomic E-state index is 12.4. The van der Waals surface area contributed by atoms with Gasteiger partial charge in [-0.15, -0.1) is 0 Å². The number of carbonyl (C=O) groups is 3.